The molecule has 4 nitrogen and oxygen atoms in total. The fourth-order valence-electron chi connectivity index (χ4n) is 2.11. The normalized spacial score (nSPS) is 12.2. The number of aliphatic hydroxyl groups excluding tert-OH is 1. The highest BCUT2D eigenvalue weighted by Crippen LogP contribution is 2.30. The van der Waals surface area contributed by atoms with Gasteiger partial charge >= 0.3 is 0 Å². The topological polar surface area (TPSA) is 62.2 Å². The third-order valence-electron chi connectivity index (χ3n) is 3.27. The lowest BCUT2D eigenvalue weighted by molar-refractivity contribution is 0.0925. The van der Waals surface area contributed by atoms with Crippen LogP contribution >= 0.6 is 11.3 Å². The van der Waals surface area contributed by atoms with Gasteiger partial charge in [-0.3, -0.25) is 4.79 Å². The molecule has 5 heteroatoms. The average molecular weight is 304 g/mol. The third-order valence-corrected chi connectivity index (χ3v) is 4.46. The van der Waals surface area contributed by atoms with Gasteiger partial charge in [-0.05, 0) is 33.3 Å². The molecule has 0 aliphatic carbocycles. The van der Waals surface area contributed by atoms with Crippen molar-refractivity contribution in [2.24, 2.45) is 0 Å². The minimum absolute atomic E-state index is 0.0759. The van der Waals surface area contributed by atoms with Crippen molar-refractivity contribution in [3.8, 4) is 10.6 Å². The fourth-order valence-corrected chi connectivity index (χ4v) is 3.17. The van der Waals surface area contributed by atoms with Crippen molar-refractivity contribution in [1.29, 1.82) is 0 Å². The number of carbonyl (C=O) groups is 1. The summed E-state index contributed by atoms with van der Waals surface area (Å²) in [6.45, 7) is 7.63. The van der Waals surface area contributed by atoms with E-state index in [1.165, 1.54) is 16.9 Å². The van der Waals surface area contributed by atoms with Crippen LogP contribution in [0.2, 0.25) is 0 Å². The summed E-state index contributed by atoms with van der Waals surface area (Å²) in [5.74, 6) is -0.178. The Morgan fingerprint density at radius 3 is 2.71 bits per heavy atom. The highest BCUT2D eigenvalue weighted by Gasteiger charge is 2.18. The van der Waals surface area contributed by atoms with E-state index in [2.05, 4.69) is 23.3 Å². The Morgan fingerprint density at radius 2 is 2.10 bits per heavy atom. The second-order valence-electron chi connectivity index (χ2n) is 5.31. The molecular weight excluding hydrogens is 284 g/mol. The molecular formula is C16H20N2O2S. The van der Waals surface area contributed by atoms with Crippen molar-refractivity contribution >= 4 is 17.2 Å². The zero-order valence-electron chi connectivity index (χ0n) is 12.7. The number of aryl methyl sites for hydroxylation is 3. The van der Waals surface area contributed by atoms with Crippen molar-refractivity contribution in [3.05, 3.63) is 39.9 Å². The molecule has 1 amide bonds. The summed E-state index contributed by atoms with van der Waals surface area (Å²) in [6, 6.07) is 5.94. The summed E-state index contributed by atoms with van der Waals surface area (Å²) in [5.41, 5.74) is 4.14. The molecule has 1 aromatic carbocycles. The number of hydrogen-bond acceptors (Lipinski definition) is 4. The number of aromatic nitrogens is 1. The Labute approximate surface area is 128 Å². The molecule has 2 rings (SSSR count). The van der Waals surface area contributed by atoms with Crippen LogP contribution in [0.3, 0.4) is 0 Å². The maximum atomic E-state index is 12.2. The number of rotatable bonds is 4. The quantitative estimate of drug-likeness (QED) is 0.913. The smallest absolute Gasteiger partial charge is 0.263 e. The van der Waals surface area contributed by atoms with Gasteiger partial charge in [0.2, 0.25) is 0 Å². The molecule has 2 N–H and O–H groups in total. The van der Waals surface area contributed by atoms with E-state index < -0.39 is 0 Å². The zero-order chi connectivity index (χ0) is 15.6. The van der Waals surface area contributed by atoms with E-state index in [1.807, 2.05) is 26.0 Å². The largest absolute Gasteiger partial charge is 0.394 e. The van der Waals surface area contributed by atoms with E-state index in [9.17, 15) is 4.79 Å². The van der Waals surface area contributed by atoms with Crippen molar-refractivity contribution in [3.63, 3.8) is 0 Å². The van der Waals surface area contributed by atoms with Gasteiger partial charge in [0.25, 0.3) is 5.91 Å². The van der Waals surface area contributed by atoms with Crippen LogP contribution in [0, 0.1) is 20.8 Å². The molecule has 112 valence electrons. The first-order valence-corrected chi connectivity index (χ1v) is 7.70. The molecule has 0 saturated carbocycles. The Hall–Kier alpha value is -1.72. The van der Waals surface area contributed by atoms with E-state index in [4.69, 9.17) is 5.11 Å². The summed E-state index contributed by atoms with van der Waals surface area (Å²) in [5, 5.41) is 12.6. The molecule has 21 heavy (non-hydrogen) atoms. The van der Waals surface area contributed by atoms with Gasteiger partial charge in [-0.2, -0.15) is 0 Å². The molecule has 1 unspecified atom stereocenters. The van der Waals surface area contributed by atoms with Crippen molar-refractivity contribution in [2.75, 3.05) is 6.61 Å². The monoisotopic (exact) mass is 304 g/mol. The average Bonchev–Trinajstić information content (AvgIpc) is 2.80. The van der Waals surface area contributed by atoms with Crippen LogP contribution in [-0.4, -0.2) is 28.6 Å². The van der Waals surface area contributed by atoms with E-state index in [-0.39, 0.29) is 18.6 Å². The molecule has 0 radical (unpaired) electrons. The van der Waals surface area contributed by atoms with Gasteiger partial charge in [-0.25, -0.2) is 4.98 Å². The standard InChI is InChI=1S/C16H20N2O2S/c1-9-5-6-13(10(2)7-9)16-18-12(4)14(21-16)15(20)17-11(3)8-19/h5-7,11,19H,8H2,1-4H3,(H,17,20). The number of aliphatic hydroxyl groups is 1. The number of carbonyl (C=O) groups excluding carboxylic acids is 1. The SMILES string of the molecule is Cc1ccc(-c2nc(C)c(C(=O)NC(C)CO)s2)c(C)c1. The first-order valence-electron chi connectivity index (χ1n) is 6.89. The molecule has 1 atom stereocenters. The summed E-state index contributed by atoms with van der Waals surface area (Å²) in [7, 11) is 0. The number of amides is 1. The lowest BCUT2D eigenvalue weighted by atomic mass is 10.1. The molecule has 1 heterocycles. The van der Waals surface area contributed by atoms with Gasteiger partial charge in [0, 0.05) is 11.6 Å². The second kappa shape index (κ2) is 6.37. The van der Waals surface area contributed by atoms with Gasteiger partial charge < -0.3 is 10.4 Å². The van der Waals surface area contributed by atoms with E-state index >= 15 is 0 Å². The van der Waals surface area contributed by atoms with Crippen LogP contribution in [0.25, 0.3) is 10.6 Å². The van der Waals surface area contributed by atoms with Crippen LogP contribution in [-0.2, 0) is 0 Å². The van der Waals surface area contributed by atoms with Gasteiger partial charge in [0.05, 0.1) is 12.3 Å². The zero-order valence-corrected chi connectivity index (χ0v) is 13.5. The fraction of sp³-hybridized carbons (Fsp3) is 0.375. The predicted octanol–water partition coefficient (Wildman–Crippen LogP) is 2.85. The molecule has 2 aromatic rings. The number of benzene rings is 1. The van der Waals surface area contributed by atoms with Crippen LogP contribution in [0.1, 0.15) is 33.4 Å². The van der Waals surface area contributed by atoms with Gasteiger partial charge in [-0.15, -0.1) is 11.3 Å². The number of nitrogens with zero attached hydrogens (tertiary/aromatic N) is 1. The molecule has 0 spiro atoms. The number of nitrogens with one attached hydrogen (secondary N) is 1. The van der Waals surface area contributed by atoms with Crippen molar-refractivity contribution in [2.45, 2.75) is 33.7 Å². The maximum absolute atomic E-state index is 12.2. The Morgan fingerprint density at radius 1 is 1.38 bits per heavy atom. The summed E-state index contributed by atoms with van der Waals surface area (Å²) < 4.78 is 0. The van der Waals surface area contributed by atoms with Gasteiger partial charge in [0.1, 0.15) is 9.88 Å². The minimum Gasteiger partial charge on any atom is -0.394 e. The third kappa shape index (κ3) is 3.49. The molecule has 0 saturated heterocycles. The number of thiazole rings is 1. The highest BCUT2D eigenvalue weighted by atomic mass is 32.1. The lowest BCUT2D eigenvalue weighted by Gasteiger charge is -2.09. The van der Waals surface area contributed by atoms with Crippen LogP contribution in [0.4, 0.5) is 0 Å². The first-order chi connectivity index (χ1) is 9.92. The molecule has 0 aliphatic heterocycles. The van der Waals surface area contributed by atoms with Crippen molar-refractivity contribution in [1.82, 2.24) is 10.3 Å². The molecule has 0 aliphatic rings. The Balaban J connectivity index is 2.32. The Bertz CT molecular complexity index is 664. The van der Waals surface area contributed by atoms with Gasteiger partial charge in [0.15, 0.2) is 0 Å². The van der Waals surface area contributed by atoms with E-state index in [0.29, 0.717) is 4.88 Å². The first kappa shape index (κ1) is 15.7. The summed E-state index contributed by atoms with van der Waals surface area (Å²) >= 11 is 1.39. The molecule has 1 aromatic heterocycles. The van der Waals surface area contributed by atoms with Crippen molar-refractivity contribution < 1.29 is 9.90 Å². The maximum Gasteiger partial charge on any atom is 0.263 e. The van der Waals surface area contributed by atoms with Crippen LogP contribution in [0.15, 0.2) is 18.2 Å². The number of hydrogen-bond donors (Lipinski definition) is 2. The minimum atomic E-state index is -0.261. The van der Waals surface area contributed by atoms with Crippen LogP contribution in [0.5, 0.6) is 0 Å². The molecule has 0 bridgehead atoms. The predicted molar refractivity (Wildman–Crippen MR) is 85.8 cm³/mol. The lowest BCUT2D eigenvalue weighted by Crippen LogP contribution is -2.34. The van der Waals surface area contributed by atoms with E-state index in [0.717, 1.165) is 21.8 Å². The Kier molecular flexibility index (Phi) is 4.75. The van der Waals surface area contributed by atoms with Gasteiger partial charge in [-0.1, -0.05) is 23.8 Å². The van der Waals surface area contributed by atoms with Crippen LogP contribution < -0.4 is 5.32 Å². The summed E-state index contributed by atoms with van der Waals surface area (Å²) in [4.78, 5) is 17.3. The summed E-state index contributed by atoms with van der Waals surface area (Å²) in [6.07, 6.45) is 0. The highest BCUT2D eigenvalue weighted by molar-refractivity contribution is 7.17. The van der Waals surface area contributed by atoms with E-state index in [1.54, 1.807) is 6.92 Å². The second-order valence-corrected chi connectivity index (χ2v) is 6.31. The molecule has 0 fully saturated rings.